The second-order valence-corrected chi connectivity index (χ2v) is 8.73. The molecule has 0 amide bonds. The molecular formula is C26H31N5O3S. The minimum Gasteiger partial charge on any atom is -0.504 e. The summed E-state index contributed by atoms with van der Waals surface area (Å²) in [4.78, 5) is 11.0. The first-order chi connectivity index (χ1) is 16.8. The van der Waals surface area contributed by atoms with Crippen LogP contribution in [0.3, 0.4) is 0 Å². The average Bonchev–Trinajstić information content (AvgIpc) is 3.15. The summed E-state index contributed by atoms with van der Waals surface area (Å²) in [6, 6.07) is 14.4. The zero-order valence-corrected chi connectivity index (χ0v) is 21.0. The Balaban J connectivity index is 1.66. The summed E-state index contributed by atoms with van der Waals surface area (Å²) in [5.41, 5.74) is 7.13. The Morgan fingerprint density at radius 2 is 1.77 bits per heavy atom. The highest BCUT2D eigenvalue weighted by molar-refractivity contribution is 7.80. The molecule has 1 aromatic heterocycles. The van der Waals surface area contributed by atoms with Gasteiger partial charge in [0.2, 0.25) is 0 Å². The maximum atomic E-state index is 11.0. The Morgan fingerprint density at radius 3 is 2.40 bits per heavy atom. The molecule has 3 aromatic rings. The van der Waals surface area contributed by atoms with E-state index in [-0.39, 0.29) is 16.4 Å². The quantitative estimate of drug-likeness (QED) is 0.131. The summed E-state index contributed by atoms with van der Waals surface area (Å²) < 4.78 is 1.64. The molecule has 0 aliphatic rings. The number of benzene rings is 2. The van der Waals surface area contributed by atoms with Gasteiger partial charge in [0.1, 0.15) is 5.69 Å². The number of aromatic hydroxyl groups is 1. The van der Waals surface area contributed by atoms with Gasteiger partial charge in [-0.25, -0.2) is 4.79 Å². The Morgan fingerprint density at radius 1 is 1.09 bits per heavy atom. The summed E-state index contributed by atoms with van der Waals surface area (Å²) in [5.74, 6) is -0.945. The van der Waals surface area contributed by atoms with E-state index in [0.717, 1.165) is 12.0 Å². The summed E-state index contributed by atoms with van der Waals surface area (Å²) in [7, 11) is 1.78. The Hall–Kier alpha value is -3.72. The molecular weight excluding hydrogens is 462 g/mol. The lowest BCUT2D eigenvalue weighted by Crippen LogP contribution is -2.25. The molecule has 0 atom stereocenters. The third-order valence-corrected chi connectivity index (χ3v) is 5.82. The number of hydrogen-bond donors (Lipinski definition) is 4. The molecule has 2 aromatic carbocycles. The lowest BCUT2D eigenvalue weighted by Gasteiger charge is -2.08. The maximum Gasteiger partial charge on any atom is 0.335 e. The molecule has 3 rings (SSSR count). The summed E-state index contributed by atoms with van der Waals surface area (Å²) in [6.07, 6.45) is 5.97. The fraction of sp³-hybridized carbons (Fsp3) is 0.308. The van der Waals surface area contributed by atoms with E-state index < -0.39 is 5.97 Å². The first-order valence-electron chi connectivity index (χ1n) is 11.6. The van der Waals surface area contributed by atoms with E-state index in [1.165, 1.54) is 43.4 Å². The SMILES string of the molecule is CCCCCCc1ccc(-c2c(O)c(/C(C)=N\NC(=S)Nc3ccc(C(=O)O)cc3)nn2C)cc1. The van der Waals surface area contributed by atoms with Gasteiger partial charge in [0.05, 0.1) is 11.3 Å². The molecule has 8 nitrogen and oxygen atoms in total. The normalized spacial score (nSPS) is 11.3. The van der Waals surface area contributed by atoms with Crippen molar-refractivity contribution in [3.63, 3.8) is 0 Å². The van der Waals surface area contributed by atoms with E-state index >= 15 is 0 Å². The number of hydrogen-bond acceptors (Lipinski definition) is 5. The van der Waals surface area contributed by atoms with Crippen LogP contribution in [0.2, 0.25) is 0 Å². The number of aryl methyl sites for hydroxylation is 2. The van der Waals surface area contributed by atoms with Crippen molar-refractivity contribution in [3.05, 3.63) is 65.4 Å². The van der Waals surface area contributed by atoms with Crippen LogP contribution in [-0.4, -0.2) is 36.8 Å². The number of unbranched alkanes of at least 4 members (excludes halogenated alkanes) is 3. The number of rotatable bonds is 10. The van der Waals surface area contributed by atoms with E-state index in [1.807, 2.05) is 12.1 Å². The van der Waals surface area contributed by atoms with Crippen LogP contribution in [0.5, 0.6) is 5.75 Å². The summed E-state index contributed by atoms with van der Waals surface area (Å²) >= 11 is 5.25. The van der Waals surface area contributed by atoms with E-state index in [1.54, 1.807) is 30.8 Å². The third kappa shape index (κ3) is 6.89. The first-order valence-corrected chi connectivity index (χ1v) is 12.0. The van der Waals surface area contributed by atoms with Gasteiger partial charge in [0.25, 0.3) is 0 Å². The highest BCUT2D eigenvalue weighted by Gasteiger charge is 2.19. The molecule has 0 aliphatic carbocycles. The number of aromatic nitrogens is 2. The van der Waals surface area contributed by atoms with Crippen LogP contribution in [0, 0.1) is 0 Å². The molecule has 0 radical (unpaired) electrons. The number of carbonyl (C=O) groups is 1. The predicted octanol–water partition coefficient (Wildman–Crippen LogP) is 5.32. The largest absolute Gasteiger partial charge is 0.504 e. The lowest BCUT2D eigenvalue weighted by atomic mass is 10.0. The van der Waals surface area contributed by atoms with Gasteiger partial charge in [-0.1, -0.05) is 50.5 Å². The summed E-state index contributed by atoms with van der Waals surface area (Å²) in [5, 5.41) is 31.7. The van der Waals surface area contributed by atoms with Crippen molar-refractivity contribution in [1.29, 1.82) is 0 Å². The van der Waals surface area contributed by atoms with Crippen LogP contribution >= 0.6 is 12.2 Å². The molecule has 0 bridgehead atoms. The average molecular weight is 494 g/mol. The van der Waals surface area contributed by atoms with Crippen LogP contribution in [0.15, 0.2) is 53.6 Å². The molecule has 1 heterocycles. The predicted molar refractivity (Wildman–Crippen MR) is 143 cm³/mol. The molecule has 4 N–H and O–H groups in total. The smallest absolute Gasteiger partial charge is 0.335 e. The van der Waals surface area contributed by atoms with Crippen molar-refractivity contribution >= 4 is 34.7 Å². The number of carboxylic acid groups (broad SMARTS) is 1. The van der Waals surface area contributed by atoms with Crippen LogP contribution in [0.4, 0.5) is 5.69 Å². The molecule has 0 spiro atoms. The second-order valence-electron chi connectivity index (χ2n) is 8.32. The molecule has 0 unspecified atom stereocenters. The zero-order chi connectivity index (χ0) is 25.4. The molecule has 184 valence electrons. The number of nitrogens with one attached hydrogen (secondary N) is 2. The van der Waals surface area contributed by atoms with E-state index in [0.29, 0.717) is 22.8 Å². The van der Waals surface area contributed by atoms with Crippen molar-refractivity contribution in [1.82, 2.24) is 15.2 Å². The van der Waals surface area contributed by atoms with Crippen molar-refractivity contribution in [3.8, 4) is 17.0 Å². The minimum absolute atomic E-state index is 0.0504. The Kier molecular flexibility index (Phi) is 8.97. The topological polar surface area (TPSA) is 112 Å². The molecule has 9 heteroatoms. The van der Waals surface area contributed by atoms with Gasteiger partial charge in [-0.2, -0.15) is 10.2 Å². The Labute approximate surface area is 210 Å². The van der Waals surface area contributed by atoms with Gasteiger partial charge in [0, 0.05) is 18.3 Å². The number of carboxylic acids is 1. The molecule has 0 aliphatic heterocycles. The van der Waals surface area contributed by atoms with Crippen LogP contribution in [0.25, 0.3) is 11.3 Å². The van der Waals surface area contributed by atoms with Crippen molar-refractivity contribution in [2.24, 2.45) is 12.1 Å². The van der Waals surface area contributed by atoms with Gasteiger partial charge < -0.3 is 15.5 Å². The minimum atomic E-state index is -0.995. The molecule has 0 saturated heterocycles. The molecule has 0 saturated carbocycles. The van der Waals surface area contributed by atoms with Gasteiger partial charge in [-0.15, -0.1) is 0 Å². The van der Waals surface area contributed by atoms with E-state index in [4.69, 9.17) is 17.3 Å². The zero-order valence-electron chi connectivity index (χ0n) is 20.2. The van der Waals surface area contributed by atoms with Gasteiger partial charge in [-0.05, 0) is 61.8 Å². The number of hydrazone groups is 1. The van der Waals surface area contributed by atoms with Gasteiger partial charge in [0.15, 0.2) is 16.6 Å². The molecule has 0 fully saturated rings. The van der Waals surface area contributed by atoms with Crippen molar-refractivity contribution < 1.29 is 15.0 Å². The van der Waals surface area contributed by atoms with Crippen LogP contribution in [-0.2, 0) is 13.5 Å². The first kappa shape index (κ1) is 25.9. The number of anilines is 1. The van der Waals surface area contributed by atoms with E-state index in [9.17, 15) is 9.90 Å². The third-order valence-electron chi connectivity index (χ3n) is 5.63. The van der Waals surface area contributed by atoms with Crippen LogP contribution < -0.4 is 10.7 Å². The fourth-order valence-electron chi connectivity index (χ4n) is 3.71. The molecule has 35 heavy (non-hydrogen) atoms. The number of aromatic carboxylic acids is 1. The fourth-order valence-corrected chi connectivity index (χ4v) is 3.87. The maximum absolute atomic E-state index is 11.0. The highest BCUT2D eigenvalue weighted by atomic mass is 32.1. The lowest BCUT2D eigenvalue weighted by molar-refractivity contribution is 0.0697. The number of nitrogens with zero attached hydrogens (tertiary/aromatic N) is 3. The van der Waals surface area contributed by atoms with Gasteiger partial charge in [-0.3, -0.25) is 10.1 Å². The summed E-state index contributed by atoms with van der Waals surface area (Å²) in [6.45, 7) is 3.93. The second kappa shape index (κ2) is 12.1. The van der Waals surface area contributed by atoms with Crippen LogP contribution in [0.1, 0.15) is 61.1 Å². The van der Waals surface area contributed by atoms with E-state index in [2.05, 4.69) is 40.0 Å². The highest BCUT2D eigenvalue weighted by Crippen LogP contribution is 2.32. The monoisotopic (exact) mass is 493 g/mol. The van der Waals surface area contributed by atoms with Gasteiger partial charge >= 0.3 is 5.97 Å². The number of thiocarbonyl (C=S) groups is 1. The van der Waals surface area contributed by atoms with Crippen molar-refractivity contribution in [2.75, 3.05) is 5.32 Å². The standard InChI is InChI=1S/C26H31N5O3S/c1-4-5-6-7-8-18-9-11-19(12-10-18)23-24(32)22(30-31(23)3)17(2)28-29-26(35)27-21-15-13-20(14-16-21)25(33)34/h9-16,32H,4-8H2,1-3H3,(H,33,34)(H2,27,29,35)/b28-17-. The van der Waals surface area contributed by atoms with Crippen molar-refractivity contribution in [2.45, 2.75) is 46.0 Å². The Bertz CT molecular complexity index is 1200.